The van der Waals surface area contributed by atoms with E-state index in [-0.39, 0.29) is 31.8 Å². The molecule has 172 valence electrons. The molecule has 1 aliphatic carbocycles. The van der Waals surface area contributed by atoms with Gasteiger partial charge in [0.2, 0.25) is 5.91 Å². The fourth-order valence-electron chi connectivity index (χ4n) is 4.25. The van der Waals surface area contributed by atoms with E-state index in [2.05, 4.69) is 16.6 Å². The zero-order chi connectivity index (χ0) is 24.0. The van der Waals surface area contributed by atoms with Crippen molar-refractivity contribution in [3.05, 3.63) is 59.7 Å². The first-order chi connectivity index (χ1) is 15.9. The van der Waals surface area contributed by atoms with Gasteiger partial charge in [-0.3, -0.25) is 4.79 Å². The smallest absolute Gasteiger partial charge is 0.408 e. The molecule has 0 aromatic heterocycles. The lowest BCUT2D eigenvalue weighted by Crippen LogP contribution is -2.60. The average molecular weight is 449 g/mol. The van der Waals surface area contributed by atoms with E-state index in [1.807, 2.05) is 48.5 Å². The molecular formula is C26H28N2O5. The Morgan fingerprint density at radius 2 is 1.61 bits per heavy atom. The van der Waals surface area contributed by atoms with Gasteiger partial charge in [-0.2, -0.15) is 0 Å². The summed E-state index contributed by atoms with van der Waals surface area (Å²) in [4.78, 5) is 37.1. The molecule has 3 N–H and O–H groups in total. The Balaban J connectivity index is 1.71. The molecule has 1 unspecified atom stereocenters. The summed E-state index contributed by atoms with van der Waals surface area (Å²) in [6.45, 7) is 3.59. The van der Waals surface area contributed by atoms with Crippen molar-refractivity contribution in [2.24, 2.45) is 0 Å². The fourth-order valence-corrected chi connectivity index (χ4v) is 4.25. The maximum Gasteiger partial charge on any atom is 0.408 e. The Hall–Kier alpha value is -3.79. The van der Waals surface area contributed by atoms with Crippen molar-refractivity contribution in [1.29, 1.82) is 0 Å². The van der Waals surface area contributed by atoms with Crippen LogP contribution < -0.4 is 10.6 Å². The van der Waals surface area contributed by atoms with Crippen LogP contribution in [0.3, 0.4) is 0 Å². The minimum absolute atomic E-state index is 0.110. The summed E-state index contributed by atoms with van der Waals surface area (Å²) < 4.78 is 5.57. The second-order valence-corrected chi connectivity index (χ2v) is 8.01. The second-order valence-electron chi connectivity index (χ2n) is 8.01. The maximum atomic E-state index is 12.9. The molecule has 1 atom stereocenters. The lowest BCUT2D eigenvalue weighted by Gasteiger charge is -2.32. The average Bonchev–Trinajstić information content (AvgIpc) is 3.14. The number of carboxylic acids is 1. The van der Waals surface area contributed by atoms with Crippen LogP contribution in [0.4, 0.5) is 4.79 Å². The van der Waals surface area contributed by atoms with Gasteiger partial charge in [0, 0.05) is 12.3 Å². The van der Waals surface area contributed by atoms with Crippen LogP contribution in [0.1, 0.15) is 50.2 Å². The quantitative estimate of drug-likeness (QED) is 0.508. The highest BCUT2D eigenvalue weighted by Crippen LogP contribution is 2.44. The fraction of sp³-hybridized carbons (Fsp3) is 0.346. The van der Waals surface area contributed by atoms with Gasteiger partial charge in [-0.1, -0.05) is 62.4 Å². The van der Waals surface area contributed by atoms with Crippen LogP contribution in [0.25, 0.3) is 11.1 Å². The Labute approximate surface area is 193 Å². The second kappa shape index (κ2) is 10.2. The van der Waals surface area contributed by atoms with Gasteiger partial charge in [-0.25, -0.2) is 9.59 Å². The zero-order valence-corrected chi connectivity index (χ0v) is 18.8. The van der Waals surface area contributed by atoms with E-state index in [4.69, 9.17) is 11.2 Å². The number of nitrogens with one attached hydrogen (secondary N) is 2. The van der Waals surface area contributed by atoms with Gasteiger partial charge >= 0.3 is 12.1 Å². The molecule has 0 spiro atoms. The summed E-state index contributed by atoms with van der Waals surface area (Å²) in [5.41, 5.74) is 3.09. The minimum atomic E-state index is -1.31. The van der Waals surface area contributed by atoms with E-state index in [1.54, 1.807) is 13.8 Å². The molecule has 2 aromatic carbocycles. The zero-order valence-electron chi connectivity index (χ0n) is 18.8. The van der Waals surface area contributed by atoms with Crippen LogP contribution in [0, 0.1) is 12.3 Å². The molecule has 7 heteroatoms. The van der Waals surface area contributed by atoms with Crippen molar-refractivity contribution in [2.45, 2.75) is 50.6 Å². The first kappa shape index (κ1) is 23.9. The number of ether oxygens (including phenoxy) is 1. The van der Waals surface area contributed by atoms with Gasteiger partial charge in [0.15, 0.2) is 0 Å². The number of carbonyl (C=O) groups excluding carboxylic acids is 2. The number of carboxylic acid groups (broad SMARTS) is 1. The Morgan fingerprint density at radius 3 is 2.09 bits per heavy atom. The topological polar surface area (TPSA) is 105 Å². The van der Waals surface area contributed by atoms with Gasteiger partial charge in [0.05, 0.1) is 0 Å². The molecule has 1 aliphatic rings. The highest BCUT2D eigenvalue weighted by Gasteiger charge is 2.39. The number of hydrogen-bond donors (Lipinski definition) is 3. The molecule has 0 saturated heterocycles. The largest absolute Gasteiger partial charge is 0.480 e. The molecular weight excluding hydrogens is 420 g/mol. The van der Waals surface area contributed by atoms with Crippen molar-refractivity contribution in [3.63, 3.8) is 0 Å². The van der Waals surface area contributed by atoms with Crippen molar-refractivity contribution in [2.75, 3.05) is 6.61 Å². The predicted molar refractivity (Wildman–Crippen MR) is 125 cm³/mol. The summed E-state index contributed by atoms with van der Waals surface area (Å²) in [6.07, 6.45) is 4.82. The lowest BCUT2D eigenvalue weighted by molar-refractivity contribution is -0.142. The first-order valence-corrected chi connectivity index (χ1v) is 11.0. The van der Waals surface area contributed by atoms with Crippen LogP contribution in [-0.2, 0) is 14.3 Å². The highest BCUT2D eigenvalue weighted by molar-refractivity contribution is 5.92. The summed E-state index contributed by atoms with van der Waals surface area (Å²) in [6, 6.07) is 14.8. The number of terminal acetylenes is 1. The normalized spacial score (nSPS) is 13.2. The number of alkyl carbamates (subject to hydrolysis) is 1. The number of benzene rings is 2. The monoisotopic (exact) mass is 448 g/mol. The van der Waals surface area contributed by atoms with Crippen LogP contribution in [-0.4, -0.2) is 41.3 Å². The molecule has 0 radical (unpaired) electrons. The first-order valence-electron chi connectivity index (χ1n) is 11.0. The van der Waals surface area contributed by atoms with E-state index in [0.717, 1.165) is 22.3 Å². The van der Waals surface area contributed by atoms with Crippen molar-refractivity contribution in [1.82, 2.24) is 10.6 Å². The van der Waals surface area contributed by atoms with Crippen molar-refractivity contribution in [3.8, 4) is 23.5 Å². The predicted octanol–water partition coefficient (Wildman–Crippen LogP) is 3.68. The number of aliphatic carboxylic acids is 1. The van der Waals surface area contributed by atoms with Crippen LogP contribution in [0.5, 0.6) is 0 Å². The number of amides is 2. The van der Waals surface area contributed by atoms with E-state index >= 15 is 0 Å². The minimum Gasteiger partial charge on any atom is -0.480 e. The highest BCUT2D eigenvalue weighted by atomic mass is 16.5. The summed E-state index contributed by atoms with van der Waals surface area (Å²) >= 11 is 0. The summed E-state index contributed by atoms with van der Waals surface area (Å²) in [5, 5.41) is 14.4. The van der Waals surface area contributed by atoms with E-state index in [1.165, 1.54) is 0 Å². The molecule has 2 aromatic rings. The molecule has 0 fully saturated rings. The molecule has 3 rings (SSSR count). The van der Waals surface area contributed by atoms with Gasteiger partial charge in [0.1, 0.15) is 18.2 Å². The third-order valence-corrected chi connectivity index (χ3v) is 6.25. The molecule has 2 amide bonds. The molecule has 0 bridgehead atoms. The van der Waals surface area contributed by atoms with Gasteiger partial charge in [-0.15, -0.1) is 12.3 Å². The molecule has 7 nitrogen and oxygen atoms in total. The summed E-state index contributed by atoms with van der Waals surface area (Å²) in [7, 11) is 0. The summed E-state index contributed by atoms with van der Waals surface area (Å²) in [5.74, 6) is 0.293. The van der Waals surface area contributed by atoms with Crippen LogP contribution >= 0.6 is 0 Å². The van der Waals surface area contributed by atoms with Gasteiger partial charge < -0.3 is 20.5 Å². The molecule has 33 heavy (non-hydrogen) atoms. The van der Waals surface area contributed by atoms with Crippen molar-refractivity contribution < 1.29 is 24.2 Å². The van der Waals surface area contributed by atoms with Crippen LogP contribution in [0.15, 0.2) is 48.5 Å². The molecule has 0 aliphatic heterocycles. The third-order valence-electron chi connectivity index (χ3n) is 6.25. The van der Waals surface area contributed by atoms with E-state index < -0.39 is 29.6 Å². The van der Waals surface area contributed by atoms with Crippen LogP contribution in [0.2, 0.25) is 0 Å². The lowest BCUT2D eigenvalue weighted by atomic mass is 9.91. The van der Waals surface area contributed by atoms with Crippen molar-refractivity contribution >= 4 is 18.0 Å². The number of carbonyl (C=O) groups is 3. The van der Waals surface area contributed by atoms with E-state index in [9.17, 15) is 19.5 Å². The number of rotatable bonds is 9. The maximum absolute atomic E-state index is 12.9. The number of fused-ring (bicyclic) bond motifs is 3. The standard InChI is InChI=1S/C26H28N2O5/c1-4-11-22(23(29)30)27-24(31)26(5-2,6-3)28-25(32)33-16-21-19-14-9-7-12-17(19)18-13-8-10-15-20(18)21/h1,7-10,12-15,21-22H,5-6,11,16H2,2-3H3,(H,27,31)(H,28,32)(H,29,30). The molecule has 0 heterocycles. The van der Waals surface area contributed by atoms with E-state index in [0.29, 0.717) is 0 Å². The Kier molecular flexibility index (Phi) is 7.39. The van der Waals surface area contributed by atoms with Gasteiger partial charge in [0.25, 0.3) is 0 Å². The van der Waals surface area contributed by atoms with Gasteiger partial charge in [-0.05, 0) is 35.1 Å². The SMILES string of the molecule is C#CCC(NC(=O)C(CC)(CC)NC(=O)OCC1c2ccccc2-c2ccccc21)C(=O)O. The Morgan fingerprint density at radius 1 is 1.06 bits per heavy atom. The third kappa shape index (κ3) is 4.85. The Bertz CT molecular complexity index is 1040. The number of hydrogen-bond acceptors (Lipinski definition) is 4. The molecule has 0 saturated carbocycles.